The molecule has 2 rings (SSSR count). The molecule has 2 aromatic rings. The number of sulfonamides is 1. The van der Waals surface area contributed by atoms with Gasteiger partial charge in [0.15, 0.2) is 0 Å². The van der Waals surface area contributed by atoms with Crippen molar-refractivity contribution in [1.82, 2.24) is 10.0 Å². The van der Waals surface area contributed by atoms with E-state index in [1.165, 1.54) is 12.1 Å². The van der Waals surface area contributed by atoms with Gasteiger partial charge in [-0.15, -0.1) is 0 Å². The lowest BCUT2D eigenvalue weighted by Gasteiger charge is -2.08. The van der Waals surface area contributed by atoms with Crippen molar-refractivity contribution < 1.29 is 18.0 Å². The van der Waals surface area contributed by atoms with Crippen LogP contribution in [0.4, 0.5) is 10.5 Å². The molecular weight excluding hydrogens is 356 g/mol. The first-order valence-electron chi connectivity index (χ1n) is 7.83. The molecule has 0 fully saturated rings. The van der Waals surface area contributed by atoms with Crippen molar-refractivity contribution in [3.8, 4) is 0 Å². The number of hydrogen-bond acceptors (Lipinski definition) is 4. The summed E-state index contributed by atoms with van der Waals surface area (Å²) in [5, 5.41) is 5.14. The molecule has 5 N–H and O–H groups in total. The van der Waals surface area contributed by atoms with Crippen LogP contribution in [0.15, 0.2) is 59.5 Å². The Hall–Kier alpha value is -2.91. The molecule has 0 heterocycles. The van der Waals surface area contributed by atoms with Crippen molar-refractivity contribution in [1.29, 1.82) is 0 Å². The Balaban J connectivity index is 1.74. The molecule has 0 aliphatic rings. The molecule has 26 heavy (non-hydrogen) atoms. The minimum Gasteiger partial charge on any atom is -0.352 e. The van der Waals surface area contributed by atoms with E-state index in [1.54, 1.807) is 42.5 Å². The highest BCUT2D eigenvalue weighted by molar-refractivity contribution is 7.89. The predicted molar refractivity (Wildman–Crippen MR) is 97.7 cm³/mol. The molecule has 0 aromatic heterocycles. The summed E-state index contributed by atoms with van der Waals surface area (Å²) in [6.45, 7) is 0.297. The lowest BCUT2D eigenvalue weighted by Crippen LogP contribution is -2.30. The van der Waals surface area contributed by atoms with E-state index in [4.69, 9.17) is 5.73 Å². The third-order valence-corrected chi connectivity index (χ3v) is 4.89. The first-order chi connectivity index (χ1) is 12.4. The molecule has 0 atom stereocenters. The Bertz CT molecular complexity index is 852. The number of rotatable bonds is 8. The summed E-state index contributed by atoms with van der Waals surface area (Å²) < 4.78 is 26.4. The van der Waals surface area contributed by atoms with Gasteiger partial charge in [-0.05, 0) is 29.8 Å². The summed E-state index contributed by atoms with van der Waals surface area (Å²) in [4.78, 5) is 22.7. The van der Waals surface area contributed by atoms with Gasteiger partial charge in [0.05, 0.1) is 4.90 Å². The van der Waals surface area contributed by atoms with Gasteiger partial charge in [-0.3, -0.25) is 4.79 Å². The van der Waals surface area contributed by atoms with Gasteiger partial charge in [0.25, 0.3) is 0 Å². The fraction of sp³-hybridized carbons (Fsp3) is 0.176. The monoisotopic (exact) mass is 376 g/mol. The lowest BCUT2D eigenvalue weighted by atomic mass is 10.2. The van der Waals surface area contributed by atoms with Crippen LogP contribution < -0.4 is 21.1 Å². The first-order valence-corrected chi connectivity index (χ1v) is 9.32. The van der Waals surface area contributed by atoms with Crippen LogP contribution in [0.5, 0.6) is 0 Å². The van der Waals surface area contributed by atoms with E-state index < -0.39 is 16.1 Å². The predicted octanol–water partition coefficient (Wildman–Crippen LogP) is 1.16. The third-order valence-electron chi connectivity index (χ3n) is 3.41. The Morgan fingerprint density at radius 3 is 2.23 bits per heavy atom. The minimum absolute atomic E-state index is 0.00449. The topological polar surface area (TPSA) is 130 Å². The zero-order chi connectivity index (χ0) is 19.0. The summed E-state index contributed by atoms with van der Waals surface area (Å²) in [5.74, 6) is -0.278. The molecule has 8 nitrogen and oxygen atoms in total. The molecule has 0 saturated heterocycles. The van der Waals surface area contributed by atoms with Crippen molar-refractivity contribution in [2.75, 3.05) is 11.9 Å². The van der Waals surface area contributed by atoms with E-state index in [0.717, 1.165) is 5.56 Å². The normalized spacial score (nSPS) is 10.9. The molecular formula is C17H20N4O4S. The number of amides is 3. The molecule has 0 aliphatic heterocycles. The highest BCUT2D eigenvalue weighted by Crippen LogP contribution is 2.09. The van der Waals surface area contributed by atoms with Crippen LogP contribution in [-0.2, 0) is 21.4 Å². The molecule has 138 valence electrons. The third kappa shape index (κ3) is 6.19. The summed E-state index contributed by atoms with van der Waals surface area (Å²) >= 11 is 0. The van der Waals surface area contributed by atoms with Crippen LogP contribution >= 0.6 is 0 Å². The molecule has 0 saturated carbocycles. The van der Waals surface area contributed by atoms with Crippen molar-refractivity contribution in [2.24, 2.45) is 5.73 Å². The van der Waals surface area contributed by atoms with Gasteiger partial charge >= 0.3 is 6.03 Å². The second-order valence-corrected chi connectivity index (χ2v) is 7.19. The Morgan fingerprint density at radius 1 is 0.962 bits per heavy atom. The standard InChI is InChI=1S/C17H20N4O4S/c18-17(23)21-14-8-6-13(7-9-14)12-19-16(22)10-11-20-26(24,25)15-4-2-1-3-5-15/h1-9,20H,10-12H2,(H,19,22)(H3,18,21,23). The highest BCUT2D eigenvalue weighted by atomic mass is 32.2. The van der Waals surface area contributed by atoms with Crippen LogP contribution in [0.2, 0.25) is 0 Å². The molecule has 9 heteroatoms. The van der Waals surface area contributed by atoms with Gasteiger partial charge in [0.1, 0.15) is 0 Å². The maximum absolute atomic E-state index is 12.0. The highest BCUT2D eigenvalue weighted by Gasteiger charge is 2.13. The fourth-order valence-corrected chi connectivity index (χ4v) is 3.17. The number of hydrogen-bond donors (Lipinski definition) is 4. The Kier molecular flexibility index (Phi) is 6.70. The molecule has 0 aliphatic carbocycles. The largest absolute Gasteiger partial charge is 0.352 e. The quantitative estimate of drug-likeness (QED) is 0.551. The molecule has 3 amide bonds. The van der Waals surface area contributed by atoms with Crippen molar-refractivity contribution in [2.45, 2.75) is 17.9 Å². The van der Waals surface area contributed by atoms with Crippen LogP contribution in [0.3, 0.4) is 0 Å². The van der Waals surface area contributed by atoms with Gasteiger partial charge in [0, 0.05) is 25.2 Å². The van der Waals surface area contributed by atoms with Gasteiger partial charge in [-0.1, -0.05) is 30.3 Å². The number of nitrogens with two attached hydrogens (primary N) is 1. The average molecular weight is 376 g/mol. The summed E-state index contributed by atoms with van der Waals surface area (Å²) in [7, 11) is -3.61. The SMILES string of the molecule is NC(=O)Nc1ccc(CNC(=O)CCNS(=O)(=O)c2ccccc2)cc1. The second kappa shape index (κ2) is 8.97. The van der Waals surface area contributed by atoms with E-state index in [2.05, 4.69) is 15.4 Å². The summed E-state index contributed by atoms with van der Waals surface area (Å²) in [6, 6.07) is 14.1. The van der Waals surface area contributed by atoms with Crippen LogP contribution in [0.25, 0.3) is 0 Å². The molecule has 0 spiro atoms. The lowest BCUT2D eigenvalue weighted by molar-refractivity contribution is -0.121. The molecule has 2 aromatic carbocycles. The smallest absolute Gasteiger partial charge is 0.316 e. The number of anilines is 1. The van der Waals surface area contributed by atoms with E-state index in [-0.39, 0.29) is 23.8 Å². The average Bonchev–Trinajstić information content (AvgIpc) is 2.61. The Morgan fingerprint density at radius 2 is 1.62 bits per heavy atom. The first kappa shape index (κ1) is 19.4. The number of nitrogens with one attached hydrogen (secondary N) is 3. The van der Waals surface area contributed by atoms with Crippen LogP contribution in [-0.4, -0.2) is 26.9 Å². The minimum atomic E-state index is -3.61. The van der Waals surface area contributed by atoms with Gasteiger partial charge in [-0.25, -0.2) is 17.9 Å². The second-order valence-electron chi connectivity index (χ2n) is 5.42. The molecule has 0 radical (unpaired) electrons. The maximum Gasteiger partial charge on any atom is 0.316 e. The number of carbonyl (C=O) groups is 2. The van der Waals surface area contributed by atoms with E-state index in [1.807, 2.05) is 0 Å². The van der Waals surface area contributed by atoms with Crippen molar-refractivity contribution in [3.05, 3.63) is 60.2 Å². The maximum atomic E-state index is 12.0. The van der Waals surface area contributed by atoms with Gasteiger partial charge in [-0.2, -0.15) is 0 Å². The van der Waals surface area contributed by atoms with Crippen LogP contribution in [0, 0.1) is 0 Å². The van der Waals surface area contributed by atoms with Crippen molar-refractivity contribution >= 4 is 27.6 Å². The number of primary amides is 1. The number of urea groups is 1. The van der Waals surface area contributed by atoms with Crippen molar-refractivity contribution in [3.63, 3.8) is 0 Å². The fourth-order valence-electron chi connectivity index (χ4n) is 2.12. The zero-order valence-electron chi connectivity index (χ0n) is 13.9. The van der Waals surface area contributed by atoms with E-state index in [0.29, 0.717) is 12.2 Å². The van der Waals surface area contributed by atoms with Crippen LogP contribution in [0.1, 0.15) is 12.0 Å². The number of carbonyl (C=O) groups excluding carboxylic acids is 2. The van der Waals surface area contributed by atoms with E-state index >= 15 is 0 Å². The van der Waals surface area contributed by atoms with Gasteiger partial charge < -0.3 is 16.4 Å². The summed E-state index contributed by atoms with van der Waals surface area (Å²) in [6.07, 6.45) is 0.0212. The Labute approximate surface area is 151 Å². The van der Waals surface area contributed by atoms with E-state index in [9.17, 15) is 18.0 Å². The zero-order valence-corrected chi connectivity index (χ0v) is 14.8. The van der Waals surface area contributed by atoms with Gasteiger partial charge in [0.2, 0.25) is 15.9 Å². The summed E-state index contributed by atoms with van der Waals surface area (Å²) in [5.41, 5.74) is 6.41. The molecule has 0 unspecified atom stereocenters. The molecule has 0 bridgehead atoms. The number of benzene rings is 2.